The van der Waals surface area contributed by atoms with Gasteiger partial charge < -0.3 is 14.6 Å². The third kappa shape index (κ3) is 3.98. The molecule has 2 aromatic heterocycles. The van der Waals surface area contributed by atoms with Crippen LogP contribution in [0.1, 0.15) is 20.8 Å². The molecule has 1 saturated heterocycles. The number of ether oxygens (including phenoxy) is 1. The molecule has 0 unspecified atom stereocenters. The number of carbonyl (C=O) groups is 2. The summed E-state index contributed by atoms with van der Waals surface area (Å²) in [5.41, 5.74) is 2.56. The molecule has 0 radical (unpaired) electrons. The Morgan fingerprint density at radius 1 is 1.23 bits per heavy atom. The fourth-order valence-electron chi connectivity index (χ4n) is 3.45. The first-order chi connectivity index (χ1) is 14.2. The second kappa shape index (κ2) is 7.65. The number of fused-ring (bicyclic) bond motifs is 1. The highest BCUT2D eigenvalue weighted by atomic mass is 35.5. The molecular weight excluding hydrogens is 404 g/mol. The summed E-state index contributed by atoms with van der Waals surface area (Å²) in [6.45, 7) is 6.20. The van der Waals surface area contributed by atoms with Gasteiger partial charge in [0.15, 0.2) is 0 Å². The number of hydrogen-bond donors (Lipinski definition) is 1. The average molecular weight is 427 g/mol. The smallest absolute Gasteiger partial charge is 0.410 e. The molecule has 0 spiro atoms. The van der Waals surface area contributed by atoms with Gasteiger partial charge in [-0.1, -0.05) is 23.7 Å². The maximum absolute atomic E-state index is 12.8. The Bertz CT molecular complexity index is 1120. The molecule has 1 N–H and O–H groups in total. The number of piperazine rings is 1. The summed E-state index contributed by atoms with van der Waals surface area (Å²) in [5, 5.41) is 1.46. The zero-order chi connectivity index (χ0) is 21.5. The summed E-state index contributed by atoms with van der Waals surface area (Å²) in [6, 6.07) is 9.50. The van der Waals surface area contributed by atoms with Crippen molar-refractivity contribution in [3.05, 3.63) is 47.7 Å². The first kappa shape index (κ1) is 20.2. The van der Waals surface area contributed by atoms with E-state index in [4.69, 9.17) is 16.3 Å². The molecule has 1 aromatic carbocycles. The van der Waals surface area contributed by atoms with Gasteiger partial charge in [0.2, 0.25) is 5.91 Å². The van der Waals surface area contributed by atoms with E-state index >= 15 is 0 Å². The fourth-order valence-corrected chi connectivity index (χ4v) is 3.76. The van der Waals surface area contributed by atoms with Crippen LogP contribution in [0.15, 0.2) is 42.7 Å². The van der Waals surface area contributed by atoms with E-state index in [9.17, 15) is 9.59 Å². The molecule has 3 heterocycles. The fraction of sp³-hybridized carbons (Fsp3) is 0.318. The van der Waals surface area contributed by atoms with E-state index in [2.05, 4.69) is 9.97 Å². The maximum Gasteiger partial charge on any atom is 0.410 e. The maximum atomic E-state index is 12.8. The summed E-state index contributed by atoms with van der Waals surface area (Å²) >= 11 is 6.59. The highest BCUT2D eigenvalue weighted by molar-refractivity contribution is 6.38. The van der Waals surface area contributed by atoms with Gasteiger partial charge in [-0.2, -0.15) is 0 Å². The van der Waals surface area contributed by atoms with Crippen LogP contribution in [0.3, 0.4) is 0 Å². The Morgan fingerprint density at radius 3 is 2.77 bits per heavy atom. The zero-order valence-corrected chi connectivity index (χ0v) is 17.9. The van der Waals surface area contributed by atoms with Gasteiger partial charge in [0.1, 0.15) is 17.8 Å². The molecule has 1 aliphatic rings. The van der Waals surface area contributed by atoms with Gasteiger partial charge in [-0.15, -0.1) is 0 Å². The van der Waals surface area contributed by atoms with Gasteiger partial charge in [-0.25, -0.2) is 9.78 Å². The lowest BCUT2D eigenvalue weighted by molar-refractivity contribution is -0.121. The molecule has 2 amide bonds. The van der Waals surface area contributed by atoms with Crippen LogP contribution in [0.5, 0.6) is 0 Å². The number of halogens is 1. The Morgan fingerprint density at radius 2 is 2.03 bits per heavy atom. The van der Waals surface area contributed by atoms with E-state index in [1.165, 1.54) is 4.90 Å². The lowest BCUT2D eigenvalue weighted by Crippen LogP contribution is -2.53. The van der Waals surface area contributed by atoms with Crippen LogP contribution in [-0.4, -0.2) is 52.1 Å². The van der Waals surface area contributed by atoms with Crippen molar-refractivity contribution in [2.45, 2.75) is 26.4 Å². The Hall–Kier alpha value is -3.06. The number of aromatic nitrogens is 2. The van der Waals surface area contributed by atoms with Crippen LogP contribution in [0, 0.1) is 0 Å². The third-order valence-corrected chi connectivity index (χ3v) is 5.27. The van der Waals surface area contributed by atoms with Crippen molar-refractivity contribution >= 4 is 40.3 Å². The van der Waals surface area contributed by atoms with Gasteiger partial charge in [0, 0.05) is 42.1 Å². The van der Waals surface area contributed by atoms with Gasteiger partial charge in [0.25, 0.3) is 0 Å². The van der Waals surface area contributed by atoms with Crippen LogP contribution < -0.4 is 4.90 Å². The first-order valence-electron chi connectivity index (χ1n) is 9.73. The molecule has 30 heavy (non-hydrogen) atoms. The third-order valence-electron chi connectivity index (χ3n) is 4.86. The Labute approximate surface area is 179 Å². The summed E-state index contributed by atoms with van der Waals surface area (Å²) in [4.78, 5) is 35.6. The number of benzene rings is 1. The summed E-state index contributed by atoms with van der Waals surface area (Å²) < 4.78 is 5.38. The molecule has 0 aliphatic carbocycles. The van der Waals surface area contributed by atoms with Crippen molar-refractivity contribution in [3.63, 3.8) is 0 Å². The molecule has 0 bridgehead atoms. The average Bonchev–Trinajstić information content (AvgIpc) is 3.17. The van der Waals surface area contributed by atoms with E-state index in [1.54, 1.807) is 38.1 Å². The molecule has 4 rings (SSSR count). The summed E-state index contributed by atoms with van der Waals surface area (Å²) in [7, 11) is 0. The van der Waals surface area contributed by atoms with Gasteiger partial charge in [-0.3, -0.25) is 9.69 Å². The van der Waals surface area contributed by atoms with Gasteiger partial charge >= 0.3 is 6.09 Å². The van der Waals surface area contributed by atoms with Crippen LogP contribution in [0.25, 0.3) is 22.2 Å². The Kier molecular flexibility index (Phi) is 5.15. The number of pyridine rings is 1. The second-order valence-corrected chi connectivity index (χ2v) is 8.60. The summed E-state index contributed by atoms with van der Waals surface area (Å²) in [5.74, 6) is -0.158. The highest BCUT2D eigenvalue weighted by Gasteiger charge is 2.31. The van der Waals surface area contributed by atoms with Crippen LogP contribution in [0.4, 0.5) is 10.5 Å². The molecule has 1 fully saturated rings. The van der Waals surface area contributed by atoms with E-state index in [1.807, 2.05) is 30.3 Å². The van der Waals surface area contributed by atoms with Crippen LogP contribution >= 0.6 is 11.6 Å². The summed E-state index contributed by atoms with van der Waals surface area (Å²) in [6.07, 6.45) is 3.05. The minimum atomic E-state index is -0.598. The number of rotatable bonds is 2. The number of H-pyrrole nitrogens is 1. The van der Waals surface area contributed by atoms with Crippen molar-refractivity contribution in [1.29, 1.82) is 0 Å². The number of carbonyl (C=O) groups excluding carboxylic acids is 2. The quantitative estimate of drug-likeness (QED) is 0.655. The standard InChI is InChI=1S/C22H23ClN4O3/c1-22(2,3)30-21(29)26-9-10-27(18(28)13-26)15-6-4-5-14(11-15)17-12-25-20-16(19(17)23)7-8-24-20/h4-8,11-12H,9-10,13H2,1-3H3,(H,24,25). The van der Waals surface area contributed by atoms with Crippen molar-refractivity contribution < 1.29 is 14.3 Å². The van der Waals surface area contributed by atoms with E-state index in [-0.39, 0.29) is 12.5 Å². The van der Waals surface area contributed by atoms with E-state index < -0.39 is 11.7 Å². The molecule has 1 aliphatic heterocycles. The number of nitrogens with one attached hydrogen (secondary N) is 1. The molecule has 0 saturated carbocycles. The lowest BCUT2D eigenvalue weighted by atomic mass is 10.1. The second-order valence-electron chi connectivity index (χ2n) is 8.22. The number of nitrogens with zero attached hydrogens (tertiary/aromatic N) is 3. The first-order valence-corrected chi connectivity index (χ1v) is 10.1. The monoisotopic (exact) mass is 426 g/mol. The minimum absolute atomic E-state index is 0.0171. The van der Waals surface area contributed by atoms with Crippen molar-refractivity contribution in [2.75, 3.05) is 24.5 Å². The Balaban J connectivity index is 1.55. The van der Waals surface area contributed by atoms with Crippen molar-refractivity contribution in [3.8, 4) is 11.1 Å². The topological polar surface area (TPSA) is 78.5 Å². The van der Waals surface area contributed by atoms with Gasteiger partial charge in [0.05, 0.1) is 5.02 Å². The van der Waals surface area contributed by atoms with Crippen LogP contribution in [-0.2, 0) is 9.53 Å². The van der Waals surface area contributed by atoms with Crippen LogP contribution in [0.2, 0.25) is 5.02 Å². The van der Waals surface area contributed by atoms with E-state index in [0.717, 1.165) is 27.8 Å². The normalized spacial score (nSPS) is 15.0. The number of anilines is 1. The number of aromatic amines is 1. The van der Waals surface area contributed by atoms with Crippen molar-refractivity contribution in [1.82, 2.24) is 14.9 Å². The minimum Gasteiger partial charge on any atom is -0.444 e. The predicted octanol–water partition coefficient (Wildman–Crippen LogP) is 4.47. The molecule has 0 atom stereocenters. The molecular formula is C22H23ClN4O3. The van der Waals surface area contributed by atoms with E-state index in [0.29, 0.717) is 18.1 Å². The molecule has 156 valence electrons. The van der Waals surface area contributed by atoms with Gasteiger partial charge in [-0.05, 0) is 44.5 Å². The highest BCUT2D eigenvalue weighted by Crippen LogP contribution is 2.34. The zero-order valence-electron chi connectivity index (χ0n) is 17.1. The predicted molar refractivity (Wildman–Crippen MR) is 117 cm³/mol. The number of amides is 2. The SMILES string of the molecule is CC(C)(C)OC(=O)N1CCN(c2cccc(-c3cnc4[nH]ccc4c3Cl)c2)C(=O)C1. The largest absolute Gasteiger partial charge is 0.444 e. The number of hydrogen-bond acceptors (Lipinski definition) is 4. The molecule has 8 heteroatoms. The lowest BCUT2D eigenvalue weighted by Gasteiger charge is -2.35. The molecule has 7 nitrogen and oxygen atoms in total. The van der Waals surface area contributed by atoms with Crippen molar-refractivity contribution in [2.24, 2.45) is 0 Å². The molecule has 3 aromatic rings.